The molecule has 2 saturated heterocycles. The van der Waals surface area contributed by atoms with E-state index in [-0.39, 0.29) is 23.7 Å². The maximum Gasteiger partial charge on any atom is 0.239 e. The van der Waals surface area contributed by atoms with E-state index in [2.05, 4.69) is 5.32 Å². The maximum atomic E-state index is 12.9. The van der Waals surface area contributed by atoms with E-state index in [4.69, 9.17) is 4.74 Å². The van der Waals surface area contributed by atoms with Gasteiger partial charge in [-0.3, -0.25) is 4.79 Å². The van der Waals surface area contributed by atoms with Gasteiger partial charge in [-0.05, 0) is 44.9 Å². The molecule has 2 N–H and O–H groups in total. The fourth-order valence-electron chi connectivity index (χ4n) is 5.69. The minimum Gasteiger partial charge on any atom is -0.392 e. The summed E-state index contributed by atoms with van der Waals surface area (Å²) >= 11 is 0. The molecule has 4 aliphatic rings. The van der Waals surface area contributed by atoms with Gasteiger partial charge in [-0.2, -0.15) is 0 Å². The van der Waals surface area contributed by atoms with Crippen LogP contribution in [0.1, 0.15) is 58.3 Å². The quantitative estimate of drug-likeness (QED) is 0.823. The van der Waals surface area contributed by atoms with Gasteiger partial charge in [0.15, 0.2) is 0 Å². The summed E-state index contributed by atoms with van der Waals surface area (Å²) in [6, 6.07) is 0.598. The van der Waals surface area contributed by atoms with Gasteiger partial charge in [0, 0.05) is 37.6 Å². The molecule has 4 fully saturated rings. The van der Waals surface area contributed by atoms with Crippen LogP contribution in [0.25, 0.3) is 0 Å². The summed E-state index contributed by atoms with van der Waals surface area (Å²) in [6.07, 6.45) is 8.62. The molecule has 5 atom stereocenters. The van der Waals surface area contributed by atoms with Crippen LogP contribution in [0, 0.1) is 11.3 Å². The van der Waals surface area contributed by atoms with Crippen molar-refractivity contribution in [1.29, 1.82) is 0 Å². The number of piperidine rings is 1. The monoisotopic (exact) mass is 336 g/mol. The number of aliphatic hydroxyl groups is 1. The van der Waals surface area contributed by atoms with Gasteiger partial charge in [-0.15, -0.1) is 0 Å². The zero-order chi connectivity index (χ0) is 16.7. The average Bonchev–Trinajstić information content (AvgIpc) is 3.05. The number of ether oxygens (including phenoxy) is 1. The summed E-state index contributed by atoms with van der Waals surface area (Å²) < 4.78 is 5.83. The highest BCUT2D eigenvalue weighted by Crippen LogP contribution is 2.51. The van der Waals surface area contributed by atoms with Crippen molar-refractivity contribution in [1.82, 2.24) is 10.2 Å². The van der Waals surface area contributed by atoms with E-state index in [0.717, 1.165) is 38.8 Å². The van der Waals surface area contributed by atoms with Crippen molar-refractivity contribution in [3.63, 3.8) is 0 Å². The normalized spacial score (nSPS) is 41.1. The molecule has 0 bridgehead atoms. The minimum atomic E-state index is -0.251. The second-order valence-electron chi connectivity index (χ2n) is 8.36. The van der Waals surface area contributed by atoms with Crippen LogP contribution < -0.4 is 5.32 Å². The molecular formula is C19H32N2O3. The third kappa shape index (κ3) is 2.69. The first-order valence-electron chi connectivity index (χ1n) is 9.98. The van der Waals surface area contributed by atoms with Gasteiger partial charge in [-0.1, -0.05) is 12.8 Å². The number of carbonyl (C=O) groups excluding carboxylic acids is 1. The maximum absolute atomic E-state index is 12.9. The molecule has 2 aliphatic carbocycles. The van der Waals surface area contributed by atoms with Crippen molar-refractivity contribution in [3.05, 3.63) is 0 Å². The first kappa shape index (κ1) is 16.8. The van der Waals surface area contributed by atoms with E-state index < -0.39 is 0 Å². The van der Waals surface area contributed by atoms with E-state index in [0.29, 0.717) is 24.5 Å². The van der Waals surface area contributed by atoms with E-state index >= 15 is 0 Å². The molecule has 5 nitrogen and oxygen atoms in total. The van der Waals surface area contributed by atoms with Gasteiger partial charge < -0.3 is 20.1 Å². The van der Waals surface area contributed by atoms with Gasteiger partial charge in [0.05, 0.1) is 18.2 Å². The highest BCUT2D eigenvalue weighted by molar-refractivity contribution is 5.82. The number of amides is 1. The summed E-state index contributed by atoms with van der Waals surface area (Å²) in [6.45, 7) is 4.26. The lowest BCUT2D eigenvalue weighted by Crippen LogP contribution is -2.63. The fourth-order valence-corrected chi connectivity index (χ4v) is 5.69. The largest absolute Gasteiger partial charge is 0.392 e. The molecule has 0 radical (unpaired) electrons. The second-order valence-corrected chi connectivity index (χ2v) is 8.36. The van der Waals surface area contributed by atoms with Crippen LogP contribution in [0.5, 0.6) is 0 Å². The van der Waals surface area contributed by atoms with E-state index in [1.165, 1.54) is 25.7 Å². The minimum absolute atomic E-state index is 0.0288. The van der Waals surface area contributed by atoms with E-state index in [9.17, 15) is 9.90 Å². The average molecular weight is 336 g/mol. The zero-order valence-electron chi connectivity index (χ0n) is 14.9. The Labute approximate surface area is 145 Å². The van der Waals surface area contributed by atoms with Gasteiger partial charge in [-0.25, -0.2) is 0 Å². The summed E-state index contributed by atoms with van der Waals surface area (Å²) in [5.41, 5.74) is -0.0934. The number of hydrogen-bond donors (Lipinski definition) is 2. The predicted molar refractivity (Wildman–Crippen MR) is 91.6 cm³/mol. The lowest BCUT2D eigenvalue weighted by atomic mass is 9.58. The molecule has 5 heteroatoms. The number of carbonyl (C=O) groups is 1. The lowest BCUT2D eigenvalue weighted by molar-refractivity contribution is -0.210. The molecular weight excluding hydrogens is 304 g/mol. The summed E-state index contributed by atoms with van der Waals surface area (Å²) in [7, 11) is 0. The number of rotatable bonds is 3. The van der Waals surface area contributed by atoms with Crippen molar-refractivity contribution in [3.8, 4) is 0 Å². The fraction of sp³-hybridized carbons (Fsp3) is 0.947. The molecule has 0 aromatic heterocycles. The molecule has 1 amide bonds. The zero-order valence-corrected chi connectivity index (χ0v) is 14.9. The van der Waals surface area contributed by atoms with Crippen molar-refractivity contribution >= 4 is 5.91 Å². The first-order chi connectivity index (χ1) is 11.6. The number of hydrogen-bond acceptors (Lipinski definition) is 4. The molecule has 24 heavy (non-hydrogen) atoms. The topological polar surface area (TPSA) is 61.8 Å². The molecule has 5 unspecified atom stereocenters. The van der Waals surface area contributed by atoms with Crippen LogP contribution >= 0.6 is 0 Å². The Balaban J connectivity index is 1.33. The van der Waals surface area contributed by atoms with Crippen molar-refractivity contribution < 1.29 is 14.6 Å². The second kappa shape index (κ2) is 6.58. The highest BCUT2D eigenvalue weighted by atomic mass is 16.5. The molecule has 2 aliphatic heterocycles. The molecule has 2 heterocycles. The molecule has 1 spiro atoms. The molecule has 0 aromatic rings. The van der Waals surface area contributed by atoms with Gasteiger partial charge in [0.25, 0.3) is 0 Å². The van der Waals surface area contributed by atoms with Crippen molar-refractivity contribution in [2.75, 3.05) is 19.7 Å². The lowest BCUT2D eigenvalue weighted by Gasteiger charge is -2.56. The molecule has 0 aromatic carbocycles. The number of nitrogens with zero attached hydrogens (tertiary/aromatic N) is 1. The smallest absolute Gasteiger partial charge is 0.239 e. The number of nitrogens with one attached hydrogen (secondary N) is 1. The Bertz CT molecular complexity index is 459. The first-order valence-corrected chi connectivity index (χ1v) is 9.98. The summed E-state index contributed by atoms with van der Waals surface area (Å²) in [5, 5.41) is 13.9. The highest BCUT2D eigenvalue weighted by Gasteiger charge is 2.56. The van der Waals surface area contributed by atoms with Crippen LogP contribution in [0.4, 0.5) is 0 Å². The third-order valence-electron chi connectivity index (χ3n) is 7.28. The van der Waals surface area contributed by atoms with Gasteiger partial charge in [0.2, 0.25) is 5.91 Å². The number of fused-ring (bicyclic) bond motifs is 1. The van der Waals surface area contributed by atoms with Gasteiger partial charge >= 0.3 is 0 Å². The van der Waals surface area contributed by atoms with Crippen LogP contribution in [-0.4, -0.2) is 59.9 Å². The molecule has 136 valence electrons. The number of aliphatic hydroxyl groups excluding tert-OH is 1. The van der Waals surface area contributed by atoms with Crippen LogP contribution in [0.3, 0.4) is 0 Å². The Hall–Kier alpha value is -0.650. The Morgan fingerprint density at radius 1 is 1.25 bits per heavy atom. The van der Waals surface area contributed by atoms with E-state index in [1.807, 2.05) is 11.8 Å². The summed E-state index contributed by atoms with van der Waals surface area (Å²) in [5.74, 6) is 1.00. The molecule has 4 rings (SSSR count). The van der Waals surface area contributed by atoms with Crippen LogP contribution in [-0.2, 0) is 9.53 Å². The summed E-state index contributed by atoms with van der Waals surface area (Å²) in [4.78, 5) is 15.0. The Morgan fingerprint density at radius 3 is 2.67 bits per heavy atom. The van der Waals surface area contributed by atoms with Crippen molar-refractivity contribution in [2.24, 2.45) is 11.3 Å². The molecule has 2 saturated carbocycles. The predicted octanol–water partition coefficient (Wildman–Crippen LogP) is 1.69. The van der Waals surface area contributed by atoms with Crippen LogP contribution in [0.15, 0.2) is 0 Å². The van der Waals surface area contributed by atoms with Crippen molar-refractivity contribution in [2.45, 2.75) is 82.6 Å². The third-order valence-corrected chi connectivity index (χ3v) is 7.28. The van der Waals surface area contributed by atoms with E-state index in [1.54, 1.807) is 0 Å². The standard InChI is InChI=1S/C19H32N2O3/c1-2-24-17-12-16(22)19(17)7-9-21(10-8-19)18(23)15-11-13-5-3-4-6-14(13)20-15/h13-17,20,22H,2-12H2,1H3. The van der Waals surface area contributed by atoms with Crippen LogP contribution in [0.2, 0.25) is 0 Å². The van der Waals surface area contributed by atoms with Gasteiger partial charge in [0.1, 0.15) is 0 Å². The Morgan fingerprint density at radius 2 is 2.00 bits per heavy atom. The Kier molecular flexibility index (Phi) is 4.61. The number of likely N-dealkylation sites (tertiary alicyclic amines) is 1. The SMILES string of the molecule is CCOC1CC(O)C12CCN(C(=O)C1CC3CCCCC3N1)CC2.